The molecular formula is C10H16BrNO4. The predicted molar refractivity (Wildman–Crippen MR) is 63.5 cm³/mol. The molecule has 2 N–H and O–H groups in total. The first-order chi connectivity index (χ1) is 7.11. The topological polar surface area (TPSA) is 75.6 Å². The summed E-state index contributed by atoms with van der Waals surface area (Å²) >= 11 is 3.04. The fraction of sp³-hybridized carbons (Fsp3) is 0.600. The van der Waals surface area contributed by atoms with E-state index in [9.17, 15) is 9.59 Å². The van der Waals surface area contributed by atoms with Crippen molar-refractivity contribution >= 4 is 28.0 Å². The van der Waals surface area contributed by atoms with Gasteiger partial charge in [-0.2, -0.15) is 0 Å². The van der Waals surface area contributed by atoms with Crippen LogP contribution in [0.3, 0.4) is 0 Å². The van der Waals surface area contributed by atoms with E-state index in [1.165, 1.54) is 0 Å². The minimum absolute atomic E-state index is 0.106. The zero-order chi connectivity index (χ0) is 12.9. The van der Waals surface area contributed by atoms with Crippen molar-refractivity contribution in [2.45, 2.75) is 38.8 Å². The van der Waals surface area contributed by atoms with Gasteiger partial charge in [-0.25, -0.2) is 9.59 Å². The van der Waals surface area contributed by atoms with E-state index in [0.717, 1.165) is 0 Å². The number of aliphatic carboxylic acids is 1. The van der Waals surface area contributed by atoms with Crippen LogP contribution < -0.4 is 5.32 Å². The molecule has 0 aromatic carbocycles. The first kappa shape index (κ1) is 15.0. The number of alkyl carbamates (subject to hydrolysis) is 1. The van der Waals surface area contributed by atoms with Crippen molar-refractivity contribution in [1.29, 1.82) is 0 Å². The number of amides is 1. The number of carbonyl (C=O) groups is 2. The van der Waals surface area contributed by atoms with Gasteiger partial charge in [0.2, 0.25) is 0 Å². The minimum atomic E-state index is -1.13. The maximum absolute atomic E-state index is 11.3. The summed E-state index contributed by atoms with van der Waals surface area (Å²) < 4.78 is 5.44. The molecule has 1 unspecified atom stereocenters. The third-order valence-corrected chi connectivity index (χ3v) is 1.74. The number of nitrogens with one attached hydrogen (secondary N) is 1. The summed E-state index contributed by atoms with van der Waals surface area (Å²) in [5.74, 6) is -1.13. The number of carbonyl (C=O) groups excluding carboxylic acids is 1. The van der Waals surface area contributed by atoms with Crippen LogP contribution >= 0.6 is 15.9 Å². The van der Waals surface area contributed by atoms with Crippen LogP contribution in [0.2, 0.25) is 0 Å². The molecule has 6 heteroatoms. The predicted octanol–water partition coefficient (Wildman–Crippen LogP) is 2.26. The highest BCUT2D eigenvalue weighted by Gasteiger charge is 2.23. The van der Waals surface area contributed by atoms with Crippen LogP contribution in [0.4, 0.5) is 4.79 Å². The van der Waals surface area contributed by atoms with Crippen LogP contribution in [0.15, 0.2) is 11.1 Å². The summed E-state index contributed by atoms with van der Waals surface area (Å²) in [5.41, 5.74) is -0.654. The number of rotatable bonds is 4. The number of ether oxygens (including phenoxy) is 1. The van der Waals surface area contributed by atoms with Gasteiger partial charge in [-0.3, -0.25) is 0 Å². The van der Waals surface area contributed by atoms with Gasteiger partial charge in [-0.1, -0.05) is 22.5 Å². The van der Waals surface area contributed by atoms with Crippen molar-refractivity contribution in [2.24, 2.45) is 0 Å². The van der Waals surface area contributed by atoms with E-state index in [1.807, 2.05) is 0 Å². The molecule has 0 bridgehead atoms. The molecule has 0 aromatic rings. The van der Waals surface area contributed by atoms with Gasteiger partial charge in [-0.05, 0) is 25.3 Å². The zero-order valence-electron chi connectivity index (χ0n) is 9.54. The molecular weight excluding hydrogens is 278 g/mol. The lowest BCUT2D eigenvalue weighted by molar-refractivity contribution is -0.139. The molecule has 0 spiro atoms. The maximum Gasteiger partial charge on any atom is 0.408 e. The van der Waals surface area contributed by atoms with Crippen LogP contribution in [0.25, 0.3) is 0 Å². The average Bonchev–Trinajstić information content (AvgIpc) is 1.97. The SMILES string of the molecule is C=C(Br)CC(NC(=O)OC(C)(C)C)C(=O)O. The van der Waals surface area contributed by atoms with Gasteiger partial charge in [0, 0.05) is 6.42 Å². The molecule has 0 aliphatic heterocycles. The standard InChI is InChI=1S/C10H16BrNO4/c1-6(11)5-7(8(13)14)12-9(15)16-10(2,3)4/h7H,1,5H2,2-4H3,(H,12,15)(H,13,14). The lowest BCUT2D eigenvalue weighted by Crippen LogP contribution is -2.43. The van der Waals surface area contributed by atoms with Crippen LogP contribution in [-0.4, -0.2) is 28.8 Å². The van der Waals surface area contributed by atoms with Gasteiger partial charge in [-0.15, -0.1) is 0 Å². The molecule has 92 valence electrons. The van der Waals surface area contributed by atoms with Crippen molar-refractivity contribution in [3.63, 3.8) is 0 Å². The van der Waals surface area contributed by atoms with Crippen LogP contribution in [-0.2, 0) is 9.53 Å². The second kappa shape index (κ2) is 5.89. The molecule has 5 nitrogen and oxygen atoms in total. The van der Waals surface area contributed by atoms with E-state index in [0.29, 0.717) is 4.48 Å². The molecule has 0 rings (SSSR count). The Bertz CT molecular complexity index is 296. The number of carboxylic acids is 1. The highest BCUT2D eigenvalue weighted by Crippen LogP contribution is 2.12. The number of hydrogen-bond acceptors (Lipinski definition) is 3. The van der Waals surface area contributed by atoms with Crippen molar-refractivity contribution in [1.82, 2.24) is 5.32 Å². The highest BCUT2D eigenvalue weighted by molar-refractivity contribution is 9.11. The molecule has 16 heavy (non-hydrogen) atoms. The number of carboxylic acid groups (broad SMARTS) is 1. The maximum atomic E-state index is 11.3. The second-order valence-electron chi connectivity index (χ2n) is 4.26. The highest BCUT2D eigenvalue weighted by atomic mass is 79.9. The van der Waals surface area contributed by atoms with Gasteiger partial charge in [0.1, 0.15) is 11.6 Å². The zero-order valence-corrected chi connectivity index (χ0v) is 11.1. The van der Waals surface area contributed by atoms with Crippen molar-refractivity contribution < 1.29 is 19.4 Å². The van der Waals surface area contributed by atoms with Crippen LogP contribution in [0.1, 0.15) is 27.2 Å². The fourth-order valence-electron chi connectivity index (χ4n) is 0.871. The molecule has 0 radical (unpaired) electrons. The van der Waals surface area contributed by atoms with E-state index in [1.54, 1.807) is 20.8 Å². The van der Waals surface area contributed by atoms with E-state index in [-0.39, 0.29) is 6.42 Å². The van der Waals surface area contributed by atoms with Crippen LogP contribution in [0.5, 0.6) is 0 Å². The molecule has 0 aliphatic carbocycles. The smallest absolute Gasteiger partial charge is 0.408 e. The summed E-state index contributed by atoms with van der Waals surface area (Å²) in [5, 5.41) is 11.1. The van der Waals surface area contributed by atoms with Gasteiger partial charge in [0.25, 0.3) is 0 Å². The molecule has 1 atom stereocenters. The van der Waals surface area contributed by atoms with Gasteiger partial charge in [0.05, 0.1) is 0 Å². The Balaban J connectivity index is 4.35. The second-order valence-corrected chi connectivity index (χ2v) is 5.38. The summed E-state index contributed by atoms with van der Waals surface area (Å²) in [7, 11) is 0. The Morgan fingerprint density at radius 1 is 1.50 bits per heavy atom. The van der Waals surface area contributed by atoms with Gasteiger partial charge >= 0.3 is 12.1 Å². The normalized spacial score (nSPS) is 12.8. The summed E-state index contributed by atoms with van der Waals surface area (Å²) in [6.45, 7) is 8.62. The van der Waals surface area contributed by atoms with E-state index < -0.39 is 23.7 Å². The molecule has 0 heterocycles. The Kier molecular flexibility index (Phi) is 5.50. The summed E-state index contributed by atoms with van der Waals surface area (Å²) in [6, 6.07) is -1.04. The molecule has 0 saturated carbocycles. The Labute approximate surface area is 103 Å². The first-order valence-electron chi connectivity index (χ1n) is 4.67. The van der Waals surface area contributed by atoms with Gasteiger partial charge in [0.15, 0.2) is 0 Å². The van der Waals surface area contributed by atoms with Crippen molar-refractivity contribution in [3.8, 4) is 0 Å². The number of hydrogen-bond donors (Lipinski definition) is 2. The summed E-state index contributed by atoms with van der Waals surface area (Å²) in [6.07, 6.45) is -0.650. The Morgan fingerprint density at radius 2 is 2.00 bits per heavy atom. The van der Waals surface area contributed by atoms with E-state index >= 15 is 0 Å². The van der Waals surface area contributed by atoms with Crippen molar-refractivity contribution in [2.75, 3.05) is 0 Å². The van der Waals surface area contributed by atoms with E-state index in [2.05, 4.69) is 27.8 Å². The first-order valence-corrected chi connectivity index (χ1v) is 5.46. The third kappa shape index (κ3) is 7.28. The molecule has 0 aliphatic rings. The number of halogens is 1. The lowest BCUT2D eigenvalue weighted by Gasteiger charge is -2.21. The quantitative estimate of drug-likeness (QED) is 0.834. The Morgan fingerprint density at radius 3 is 2.31 bits per heavy atom. The molecule has 1 amide bonds. The minimum Gasteiger partial charge on any atom is -0.480 e. The summed E-state index contributed by atoms with van der Waals surface area (Å²) in [4.78, 5) is 22.1. The molecule has 0 saturated heterocycles. The fourth-order valence-corrected chi connectivity index (χ4v) is 1.20. The third-order valence-electron chi connectivity index (χ3n) is 1.41. The van der Waals surface area contributed by atoms with Gasteiger partial charge < -0.3 is 15.2 Å². The van der Waals surface area contributed by atoms with Crippen LogP contribution in [0, 0.1) is 0 Å². The average molecular weight is 294 g/mol. The lowest BCUT2D eigenvalue weighted by atomic mass is 10.2. The van der Waals surface area contributed by atoms with Crippen molar-refractivity contribution in [3.05, 3.63) is 11.1 Å². The largest absolute Gasteiger partial charge is 0.480 e. The molecule has 0 fully saturated rings. The van der Waals surface area contributed by atoms with E-state index in [4.69, 9.17) is 9.84 Å². The molecule has 0 aromatic heterocycles. The monoisotopic (exact) mass is 293 g/mol. The Hall–Kier alpha value is -1.04.